The van der Waals surface area contributed by atoms with Crippen molar-refractivity contribution in [2.75, 3.05) is 42.8 Å². The molecule has 0 spiro atoms. The standard InChI is InChI=1S/C23H31ClN10O3.CH4/c1-36-18-11-33(10-16(18)30-23(35)37-2)17-6-12(7-25)5-15(19(17)24)29-22-31-20(28-13-3-4-13)21-27-9-14(8-26)34(21)32-22;/h5-6,9,13,16,18H,3-4,7-8,10-11,25-26H2,1-2H3,(H,30,35)(H2,28,29,31,32);1H4/t16-,18-;/m0./s1. The van der Waals surface area contributed by atoms with Gasteiger partial charge in [0.1, 0.15) is 0 Å². The van der Waals surface area contributed by atoms with Crippen molar-refractivity contribution < 1.29 is 14.3 Å². The van der Waals surface area contributed by atoms with Gasteiger partial charge in [0, 0.05) is 39.3 Å². The summed E-state index contributed by atoms with van der Waals surface area (Å²) < 4.78 is 12.1. The molecule has 1 aliphatic carbocycles. The van der Waals surface area contributed by atoms with E-state index in [9.17, 15) is 4.79 Å². The van der Waals surface area contributed by atoms with Crippen molar-refractivity contribution in [2.45, 2.75) is 51.5 Å². The number of ether oxygens (including phenoxy) is 2. The Morgan fingerprint density at radius 2 is 2.00 bits per heavy atom. The van der Waals surface area contributed by atoms with Crippen LogP contribution in [0.2, 0.25) is 5.02 Å². The van der Waals surface area contributed by atoms with Crippen LogP contribution in [-0.2, 0) is 22.6 Å². The normalized spacial score (nSPS) is 18.8. The summed E-state index contributed by atoms with van der Waals surface area (Å²) in [4.78, 5) is 23.0. The van der Waals surface area contributed by atoms with Crippen molar-refractivity contribution in [3.8, 4) is 0 Å². The van der Waals surface area contributed by atoms with Gasteiger partial charge in [0.2, 0.25) is 5.95 Å². The molecule has 3 heterocycles. The molecular formula is C24H35ClN10O3. The quantitative estimate of drug-likeness (QED) is 0.266. The summed E-state index contributed by atoms with van der Waals surface area (Å²) in [5.41, 5.74) is 15.5. The highest BCUT2D eigenvalue weighted by Gasteiger charge is 2.35. The number of anilines is 4. The molecule has 1 saturated carbocycles. The number of imidazole rings is 1. The Morgan fingerprint density at radius 3 is 2.66 bits per heavy atom. The summed E-state index contributed by atoms with van der Waals surface area (Å²) in [5.74, 6) is 0.969. The van der Waals surface area contributed by atoms with Crippen molar-refractivity contribution in [3.63, 3.8) is 0 Å². The molecular weight excluding hydrogens is 512 g/mol. The number of nitrogens with two attached hydrogens (primary N) is 2. The molecule has 0 bridgehead atoms. The van der Waals surface area contributed by atoms with E-state index in [1.54, 1.807) is 17.8 Å². The summed E-state index contributed by atoms with van der Waals surface area (Å²) in [5, 5.41) is 14.6. The minimum absolute atomic E-state index is 0. The van der Waals surface area contributed by atoms with E-state index < -0.39 is 6.09 Å². The molecule has 5 rings (SSSR count). The molecule has 2 fully saturated rings. The minimum atomic E-state index is -0.516. The average Bonchev–Trinajstić information content (AvgIpc) is 3.47. The number of nitrogens with one attached hydrogen (secondary N) is 3. The smallest absolute Gasteiger partial charge is 0.407 e. The molecule has 1 amide bonds. The minimum Gasteiger partial charge on any atom is -0.453 e. The van der Waals surface area contributed by atoms with Gasteiger partial charge in [-0.3, -0.25) is 0 Å². The van der Waals surface area contributed by atoms with Crippen molar-refractivity contribution in [1.82, 2.24) is 24.9 Å². The lowest BCUT2D eigenvalue weighted by atomic mass is 10.1. The number of rotatable bonds is 9. The Morgan fingerprint density at radius 1 is 1.21 bits per heavy atom. The third kappa shape index (κ3) is 5.55. The van der Waals surface area contributed by atoms with Crippen molar-refractivity contribution >= 4 is 46.5 Å². The first-order chi connectivity index (χ1) is 17.9. The number of aromatic nitrogens is 4. The summed E-state index contributed by atoms with van der Waals surface area (Å²) in [6.07, 6.45) is 3.11. The van der Waals surface area contributed by atoms with Gasteiger partial charge in [-0.1, -0.05) is 19.0 Å². The van der Waals surface area contributed by atoms with Gasteiger partial charge >= 0.3 is 6.09 Å². The average molecular weight is 547 g/mol. The van der Waals surface area contributed by atoms with Gasteiger partial charge in [0.05, 0.1) is 47.5 Å². The molecule has 2 aliphatic rings. The monoisotopic (exact) mass is 546 g/mol. The molecule has 13 nitrogen and oxygen atoms in total. The van der Waals surface area contributed by atoms with Crippen LogP contribution in [0.25, 0.3) is 5.65 Å². The molecule has 1 aliphatic heterocycles. The molecule has 2 aromatic heterocycles. The van der Waals surface area contributed by atoms with Crippen LogP contribution in [0.4, 0.5) is 27.9 Å². The van der Waals surface area contributed by atoms with Gasteiger partial charge in [-0.15, -0.1) is 5.10 Å². The van der Waals surface area contributed by atoms with Crippen LogP contribution in [0.3, 0.4) is 0 Å². The van der Waals surface area contributed by atoms with Crippen LogP contribution in [0.5, 0.6) is 0 Å². The highest BCUT2D eigenvalue weighted by atomic mass is 35.5. The highest BCUT2D eigenvalue weighted by molar-refractivity contribution is 6.36. The Kier molecular flexibility index (Phi) is 8.41. The lowest BCUT2D eigenvalue weighted by Gasteiger charge is -2.23. The third-order valence-electron chi connectivity index (χ3n) is 6.55. The summed E-state index contributed by atoms with van der Waals surface area (Å²) in [6, 6.07) is 3.91. The number of alkyl carbamates (subject to hydrolysis) is 1. The zero-order valence-electron chi connectivity index (χ0n) is 20.7. The Hall–Kier alpha value is -3.39. The van der Waals surface area contributed by atoms with E-state index in [1.165, 1.54) is 7.11 Å². The molecule has 0 unspecified atom stereocenters. The second-order valence-corrected chi connectivity index (χ2v) is 9.50. The molecule has 7 N–H and O–H groups in total. The van der Waals surface area contributed by atoms with E-state index in [0.717, 1.165) is 29.8 Å². The van der Waals surface area contributed by atoms with Gasteiger partial charge in [-0.05, 0) is 30.5 Å². The predicted octanol–water partition coefficient (Wildman–Crippen LogP) is 2.21. The maximum Gasteiger partial charge on any atom is 0.407 e. The number of methoxy groups -OCH3 is 2. The summed E-state index contributed by atoms with van der Waals surface area (Å²) >= 11 is 6.92. The number of carbonyl (C=O) groups is 1. The number of hydrogen-bond donors (Lipinski definition) is 5. The zero-order chi connectivity index (χ0) is 26.1. The number of hydrogen-bond acceptors (Lipinski definition) is 11. The highest BCUT2D eigenvalue weighted by Crippen LogP contribution is 2.38. The Balaban J connectivity index is 0.00000336. The zero-order valence-corrected chi connectivity index (χ0v) is 21.5. The maximum absolute atomic E-state index is 11.8. The second-order valence-electron chi connectivity index (χ2n) is 9.12. The second kappa shape index (κ2) is 11.6. The van der Waals surface area contributed by atoms with Crippen molar-refractivity contribution in [2.24, 2.45) is 11.5 Å². The molecule has 2 atom stereocenters. The maximum atomic E-state index is 11.8. The van der Waals surface area contributed by atoms with Crippen LogP contribution in [-0.4, -0.2) is 71.2 Å². The molecule has 3 aromatic rings. The van der Waals surface area contributed by atoms with Crippen molar-refractivity contribution in [1.29, 1.82) is 0 Å². The molecule has 206 valence electrons. The van der Waals surface area contributed by atoms with Crippen LogP contribution in [0, 0.1) is 0 Å². The fraction of sp³-hybridized carbons (Fsp3) is 0.500. The number of amides is 1. The number of halogens is 1. The van der Waals surface area contributed by atoms with Crippen LogP contribution < -0.4 is 32.3 Å². The van der Waals surface area contributed by atoms with Gasteiger partial charge in [-0.25, -0.2) is 14.3 Å². The van der Waals surface area contributed by atoms with E-state index in [1.807, 2.05) is 17.0 Å². The number of benzene rings is 1. The van der Waals surface area contributed by atoms with Gasteiger partial charge < -0.3 is 41.8 Å². The first-order valence-corrected chi connectivity index (χ1v) is 12.4. The Bertz CT molecular complexity index is 1300. The van der Waals surface area contributed by atoms with Crippen LogP contribution >= 0.6 is 11.6 Å². The first kappa shape index (κ1) is 27.6. The van der Waals surface area contributed by atoms with Crippen LogP contribution in [0.1, 0.15) is 31.5 Å². The molecule has 38 heavy (non-hydrogen) atoms. The van der Waals surface area contributed by atoms with E-state index in [2.05, 4.69) is 31.0 Å². The number of fused-ring (bicyclic) bond motifs is 1. The van der Waals surface area contributed by atoms with E-state index >= 15 is 0 Å². The topological polar surface area (TPSA) is 170 Å². The van der Waals surface area contributed by atoms with Gasteiger partial charge in [-0.2, -0.15) is 4.98 Å². The van der Waals surface area contributed by atoms with Gasteiger partial charge in [0.15, 0.2) is 11.5 Å². The van der Waals surface area contributed by atoms with E-state index in [0.29, 0.717) is 53.8 Å². The first-order valence-electron chi connectivity index (χ1n) is 12.1. The predicted molar refractivity (Wildman–Crippen MR) is 147 cm³/mol. The van der Waals surface area contributed by atoms with Crippen LogP contribution in [0.15, 0.2) is 18.3 Å². The summed E-state index contributed by atoms with van der Waals surface area (Å²) in [7, 11) is 2.94. The Labute approximate surface area is 226 Å². The molecule has 14 heteroatoms. The number of nitrogens with zero attached hydrogens (tertiary/aromatic N) is 5. The largest absolute Gasteiger partial charge is 0.453 e. The van der Waals surface area contributed by atoms with E-state index in [-0.39, 0.29) is 26.1 Å². The summed E-state index contributed by atoms with van der Waals surface area (Å²) in [6.45, 7) is 1.58. The third-order valence-corrected chi connectivity index (χ3v) is 6.95. The van der Waals surface area contributed by atoms with Crippen molar-refractivity contribution in [3.05, 3.63) is 34.6 Å². The lowest BCUT2D eigenvalue weighted by Crippen LogP contribution is -2.43. The lowest BCUT2D eigenvalue weighted by molar-refractivity contribution is 0.0922. The fourth-order valence-electron chi connectivity index (χ4n) is 4.42. The molecule has 0 radical (unpaired) electrons. The van der Waals surface area contributed by atoms with E-state index in [4.69, 9.17) is 32.5 Å². The molecule has 1 aromatic carbocycles. The van der Waals surface area contributed by atoms with Gasteiger partial charge in [0.25, 0.3) is 0 Å². The SMILES string of the molecule is C.COC(=O)N[C@H]1CN(c2cc(CN)cc(Nc3nc(NC4CC4)c4ncc(CN)n4n3)c2Cl)C[C@@H]1OC. The molecule has 1 saturated heterocycles. The number of carbonyl (C=O) groups excluding carboxylic acids is 1. The fourth-order valence-corrected chi connectivity index (χ4v) is 4.70.